The van der Waals surface area contributed by atoms with E-state index in [1.54, 1.807) is 25.1 Å². The smallest absolute Gasteiger partial charge is 0.137 e. The largest absolute Gasteiger partial charge is 0.384 e. The minimum atomic E-state index is -1.24. The molecule has 19 heavy (non-hydrogen) atoms. The highest BCUT2D eigenvalue weighted by Crippen LogP contribution is 2.30. The molecule has 0 saturated carbocycles. The van der Waals surface area contributed by atoms with Crippen LogP contribution >= 0.6 is 27.5 Å². The second-order valence-electron chi connectivity index (χ2n) is 4.20. The number of aryl methyl sites for hydroxylation is 1. The van der Waals surface area contributed by atoms with Gasteiger partial charge in [-0.1, -0.05) is 23.7 Å². The van der Waals surface area contributed by atoms with E-state index in [4.69, 9.17) is 11.6 Å². The SMILES string of the molecule is Cc1cc(C(O)c2cc(F)c(Br)cc2F)ccc1Cl. The average Bonchev–Trinajstić information content (AvgIpc) is 2.36. The number of aliphatic hydroxyl groups is 1. The molecule has 1 atom stereocenters. The van der Waals surface area contributed by atoms with Gasteiger partial charge >= 0.3 is 0 Å². The molecule has 100 valence electrons. The summed E-state index contributed by atoms with van der Waals surface area (Å²) in [6.45, 7) is 1.77. The maximum absolute atomic E-state index is 13.8. The van der Waals surface area contributed by atoms with Crippen molar-refractivity contribution in [1.29, 1.82) is 0 Å². The highest BCUT2D eigenvalue weighted by molar-refractivity contribution is 9.10. The Morgan fingerprint density at radius 3 is 2.47 bits per heavy atom. The fourth-order valence-corrected chi connectivity index (χ4v) is 2.20. The summed E-state index contributed by atoms with van der Waals surface area (Å²) in [5.74, 6) is -1.30. The van der Waals surface area contributed by atoms with Crippen molar-refractivity contribution in [3.63, 3.8) is 0 Å². The molecule has 1 unspecified atom stereocenters. The molecular weight excluding hydrogens is 338 g/mol. The van der Waals surface area contributed by atoms with Crippen molar-refractivity contribution in [2.75, 3.05) is 0 Å². The summed E-state index contributed by atoms with van der Waals surface area (Å²) in [6.07, 6.45) is -1.24. The quantitative estimate of drug-likeness (QED) is 0.776. The highest BCUT2D eigenvalue weighted by Gasteiger charge is 2.18. The summed E-state index contributed by atoms with van der Waals surface area (Å²) in [6, 6.07) is 6.82. The zero-order valence-electron chi connectivity index (χ0n) is 9.92. The molecule has 0 aliphatic rings. The van der Waals surface area contributed by atoms with E-state index in [2.05, 4.69) is 15.9 Å². The van der Waals surface area contributed by atoms with Crippen LogP contribution in [0.25, 0.3) is 0 Å². The topological polar surface area (TPSA) is 20.2 Å². The van der Waals surface area contributed by atoms with Gasteiger partial charge in [-0.05, 0) is 52.2 Å². The van der Waals surface area contributed by atoms with Gasteiger partial charge in [0.15, 0.2) is 0 Å². The fourth-order valence-electron chi connectivity index (χ4n) is 1.77. The first-order chi connectivity index (χ1) is 8.90. The van der Waals surface area contributed by atoms with E-state index in [1.807, 2.05) is 0 Å². The summed E-state index contributed by atoms with van der Waals surface area (Å²) < 4.78 is 27.2. The van der Waals surface area contributed by atoms with Crippen LogP contribution < -0.4 is 0 Å². The third-order valence-electron chi connectivity index (χ3n) is 2.83. The molecule has 0 spiro atoms. The predicted octanol–water partition coefficient (Wildman–Crippen LogP) is 4.77. The lowest BCUT2D eigenvalue weighted by molar-refractivity contribution is 0.214. The van der Waals surface area contributed by atoms with Crippen molar-refractivity contribution in [2.45, 2.75) is 13.0 Å². The second-order valence-corrected chi connectivity index (χ2v) is 5.46. The van der Waals surface area contributed by atoms with E-state index >= 15 is 0 Å². The number of aliphatic hydroxyl groups excluding tert-OH is 1. The van der Waals surface area contributed by atoms with Gasteiger partial charge in [0, 0.05) is 10.6 Å². The summed E-state index contributed by atoms with van der Waals surface area (Å²) >= 11 is 8.78. The van der Waals surface area contributed by atoms with Gasteiger partial charge in [-0.2, -0.15) is 0 Å². The summed E-state index contributed by atoms with van der Waals surface area (Å²) in [5.41, 5.74) is 1.11. The Hall–Kier alpha value is -0.970. The Kier molecular flexibility index (Phi) is 4.23. The van der Waals surface area contributed by atoms with Gasteiger partial charge in [-0.15, -0.1) is 0 Å². The lowest BCUT2D eigenvalue weighted by atomic mass is 9.99. The minimum Gasteiger partial charge on any atom is -0.384 e. The molecule has 0 amide bonds. The number of hydrogen-bond acceptors (Lipinski definition) is 1. The third-order valence-corrected chi connectivity index (χ3v) is 3.86. The highest BCUT2D eigenvalue weighted by atomic mass is 79.9. The van der Waals surface area contributed by atoms with Gasteiger partial charge in [0.25, 0.3) is 0 Å². The zero-order chi connectivity index (χ0) is 14.2. The van der Waals surface area contributed by atoms with Gasteiger partial charge in [0.2, 0.25) is 0 Å². The van der Waals surface area contributed by atoms with Crippen molar-refractivity contribution in [3.8, 4) is 0 Å². The summed E-state index contributed by atoms with van der Waals surface area (Å²) in [7, 11) is 0. The number of halogens is 4. The molecule has 1 N–H and O–H groups in total. The Bertz CT molecular complexity index is 631. The Balaban J connectivity index is 2.46. The van der Waals surface area contributed by atoms with Crippen LogP contribution in [-0.2, 0) is 0 Å². The van der Waals surface area contributed by atoms with Crippen LogP contribution in [0.3, 0.4) is 0 Å². The van der Waals surface area contributed by atoms with E-state index in [0.717, 1.165) is 17.7 Å². The van der Waals surface area contributed by atoms with Gasteiger partial charge in [0.1, 0.15) is 17.7 Å². The molecule has 5 heteroatoms. The minimum absolute atomic E-state index is 0.0215. The molecule has 0 aliphatic carbocycles. The summed E-state index contributed by atoms with van der Waals surface area (Å²) in [4.78, 5) is 0. The van der Waals surface area contributed by atoms with Crippen molar-refractivity contribution in [1.82, 2.24) is 0 Å². The first-order valence-corrected chi connectivity index (χ1v) is 6.66. The second kappa shape index (κ2) is 5.57. The molecule has 0 radical (unpaired) electrons. The number of hydrogen-bond donors (Lipinski definition) is 1. The van der Waals surface area contributed by atoms with E-state index in [9.17, 15) is 13.9 Å². The van der Waals surface area contributed by atoms with E-state index in [0.29, 0.717) is 10.6 Å². The average molecular weight is 348 g/mol. The van der Waals surface area contributed by atoms with Crippen molar-refractivity contribution in [3.05, 3.63) is 68.2 Å². The van der Waals surface area contributed by atoms with Crippen LogP contribution in [0.4, 0.5) is 8.78 Å². The van der Waals surface area contributed by atoms with E-state index in [1.165, 1.54) is 0 Å². The molecular formula is C14H10BrClF2O. The van der Waals surface area contributed by atoms with Crippen molar-refractivity contribution >= 4 is 27.5 Å². The van der Waals surface area contributed by atoms with Crippen LogP contribution in [0.15, 0.2) is 34.8 Å². The van der Waals surface area contributed by atoms with Crippen molar-refractivity contribution < 1.29 is 13.9 Å². The first-order valence-electron chi connectivity index (χ1n) is 5.48. The van der Waals surface area contributed by atoms with Crippen LogP contribution in [-0.4, -0.2) is 5.11 Å². The summed E-state index contributed by atoms with van der Waals surface area (Å²) in [5, 5.41) is 10.7. The maximum atomic E-state index is 13.8. The number of rotatable bonds is 2. The maximum Gasteiger partial charge on any atom is 0.137 e. The third kappa shape index (κ3) is 2.96. The normalized spacial score (nSPS) is 12.5. The molecule has 2 rings (SSSR count). The molecule has 0 saturated heterocycles. The van der Waals surface area contributed by atoms with E-state index in [-0.39, 0.29) is 10.0 Å². The molecule has 1 nitrogen and oxygen atoms in total. The molecule has 0 bridgehead atoms. The number of benzene rings is 2. The van der Waals surface area contributed by atoms with Crippen molar-refractivity contribution in [2.24, 2.45) is 0 Å². The van der Waals surface area contributed by atoms with Crippen LogP contribution in [0, 0.1) is 18.6 Å². The first kappa shape index (κ1) is 14.4. The molecule has 0 aromatic heterocycles. The van der Waals surface area contributed by atoms with E-state index < -0.39 is 17.7 Å². The zero-order valence-corrected chi connectivity index (χ0v) is 12.3. The standard InChI is InChI=1S/C14H10BrClF2O/c1-7-4-8(2-3-11(7)16)14(19)9-5-13(18)10(15)6-12(9)17/h2-6,14,19H,1H3. The van der Waals surface area contributed by atoms with Crippen LogP contribution in [0.1, 0.15) is 22.8 Å². The Morgan fingerprint density at radius 2 is 1.84 bits per heavy atom. The van der Waals surface area contributed by atoms with Crippen LogP contribution in [0.2, 0.25) is 5.02 Å². The Labute approximate surface area is 123 Å². The monoisotopic (exact) mass is 346 g/mol. The van der Waals surface area contributed by atoms with Gasteiger partial charge < -0.3 is 5.11 Å². The lowest BCUT2D eigenvalue weighted by Crippen LogP contribution is -2.04. The molecule has 0 heterocycles. The van der Waals surface area contributed by atoms with Gasteiger partial charge in [0.05, 0.1) is 4.47 Å². The molecule has 2 aromatic carbocycles. The molecule has 0 fully saturated rings. The molecule has 0 aliphatic heterocycles. The van der Waals surface area contributed by atoms with Crippen LogP contribution in [0.5, 0.6) is 0 Å². The van der Waals surface area contributed by atoms with Gasteiger partial charge in [-0.25, -0.2) is 8.78 Å². The Morgan fingerprint density at radius 1 is 1.16 bits per heavy atom. The lowest BCUT2D eigenvalue weighted by Gasteiger charge is -2.14. The predicted molar refractivity (Wildman–Crippen MR) is 74.3 cm³/mol. The fraction of sp³-hybridized carbons (Fsp3) is 0.143. The van der Waals surface area contributed by atoms with Gasteiger partial charge in [-0.3, -0.25) is 0 Å². The molecule has 2 aromatic rings.